The number of hydrogen-bond acceptors (Lipinski definition) is 6. The fourth-order valence-electron chi connectivity index (χ4n) is 2.46. The predicted molar refractivity (Wildman–Crippen MR) is 106 cm³/mol. The molecule has 0 amide bonds. The number of hydrogen-bond donors (Lipinski definition) is 1. The quantitative estimate of drug-likeness (QED) is 0.504. The molecule has 0 aliphatic heterocycles. The van der Waals surface area contributed by atoms with Gasteiger partial charge in [-0.3, -0.25) is 0 Å². The zero-order valence-corrected chi connectivity index (χ0v) is 17.4. The summed E-state index contributed by atoms with van der Waals surface area (Å²) in [5.41, 5.74) is 0.973. The highest BCUT2D eigenvalue weighted by Crippen LogP contribution is 2.34. The van der Waals surface area contributed by atoms with Crippen molar-refractivity contribution in [2.45, 2.75) is 19.5 Å². The number of benzene rings is 1. The molecule has 10 heteroatoms. The van der Waals surface area contributed by atoms with Gasteiger partial charge < -0.3 is 10.1 Å². The average molecular weight is 473 g/mol. The Kier molecular flexibility index (Phi) is 6.31. The number of alkyl halides is 3. The molecule has 0 saturated heterocycles. The molecule has 0 spiro atoms. The monoisotopic (exact) mass is 472 g/mol. The summed E-state index contributed by atoms with van der Waals surface area (Å²) in [7, 11) is 1.64. The summed E-state index contributed by atoms with van der Waals surface area (Å²) in [6, 6.07) is 5.27. The molecule has 2 aromatic heterocycles. The summed E-state index contributed by atoms with van der Waals surface area (Å²) in [4.78, 5) is 14.1. The molecule has 3 aromatic rings. The van der Waals surface area contributed by atoms with Gasteiger partial charge in [-0.2, -0.15) is 13.2 Å². The first-order chi connectivity index (χ1) is 13.3. The minimum absolute atomic E-state index is 0.190. The molecule has 2 heterocycles. The Balaban J connectivity index is 1.86. The van der Waals surface area contributed by atoms with Crippen LogP contribution in [-0.4, -0.2) is 28.7 Å². The SMILES string of the molecule is COCCc1sc(-c2ccnc(Nc3cc(Br)cc(C(F)(F)F)c3)n2)nc1C. The van der Waals surface area contributed by atoms with Crippen molar-refractivity contribution in [3.8, 4) is 10.7 Å². The van der Waals surface area contributed by atoms with E-state index in [0.29, 0.717) is 16.8 Å². The third-order valence-corrected chi connectivity index (χ3v) is 5.48. The van der Waals surface area contributed by atoms with E-state index in [2.05, 4.69) is 36.2 Å². The first kappa shape index (κ1) is 20.7. The minimum atomic E-state index is -4.44. The van der Waals surface area contributed by atoms with Crippen LogP contribution in [0.3, 0.4) is 0 Å². The first-order valence-electron chi connectivity index (χ1n) is 8.19. The van der Waals surface area contributed by atoms with E-state index < -0.39 is 11.7 Å². The number of nitrogens with zero attached hydrogens (tertiary/aromatic N) is 3. The molecule has 0 bridgehead atoms. The lowest BCUT2D eigenvalue weighted by Crippen LogP contribution is -2.06. The number of nitrogens with one attached hydrogen (secondary N) is 1. The Morgan fingerprint density at radius 1 is 1.21 bits per heavy atom. The van der Waals surface area contributed by atoms with Crippen LogP contribution in [0.15, 0.2) is 34.9 Å². The topological polar surface area (TPSA) is 59.9 Å². The fourth-order valence-corrected chi connectivity index (χ4v) is 3.96. The molecule has 28 heavy (non-hydrogen) atoms. The average Bonchev–Trinajstić information content (AvgIpc) is 3.00. The number of aromatic nitrogens is 3. The zero-order valence-electron chi connectivity index (χ0n) is 15.0. The maximum absolute atomic E-state index is 13.0. The standard InChI is InChI=1S/C18H16BrF3N4OS/c1-10-15(4-6-27-2)28-16(24-10)14-3-5-23-17(26-14)25-13-8-11(18(20,21)22)7-12(19)9-13/h3,5,7-9H,4,6H2,1-2H3,(H,23,25,26). The molecule has 5 nitrogen and oxygen atoms in total. The second-order valence-electron chi connectivity index (χ2n) is 5.89. The van der Waals surface area contributed by atoms with Gasteiger partial charge in [0, 0.05) is 34.8 Å². The highest BCUT2D eigenvalue weighted by molar-refractivity contribution is 9.10. The van der Waals surface area contributed by atoms with Crippen LogP contribution in [0.4, 0.5) is 24.8 Å². The largest absolute Gasteiger partial charge is 0.416 e. The summed E-state index contributed by atoms with van der Waals surface area (Å²) < 4.78 is 44.4. The van der Waals surface area contributed by atoms with Crippen molar-refractivity contribution in [3.63, 3.8) is 0 Å². The first-order valence-corrected chi connectivity index (χ1v) is 9.80. The predicted octanol–water partition coefficient (Wildman–Crippen LogP) is 5.62. The second kappa shape index (κ2) is 8.54. The van der Waals surface area contributed by atoms with Gasteiger partial charge in [0.15, 0.2) is 0 Å². The van der Waals surface area contributed by atoms with Crippen LogP contribution in [0.2, 0.25) is 0 Å². The maximum Gasteiger partial charge on any atom is 0.416 e. The normalized spacial score (nSPS) is 11.6. The van der Waals surface area contributed by atoms with Gasteiger partial charge in [0.1, 0.15) is 10.7 Å². The van der Waals surface area contributed by atoms with E-state index in [-0.39, 0.29) is 11.6 Å². The molecule has 0 aliphatic rings. The number of aryl methyl sites for hydroxylation is 1. The number of methoxy groups -OCH3 is 1. The summed E-state index contributed by atoms with van der Waals surface area (Å²) in [6.45, 7) is 2.52. The number of halogens is 4. The summed E-state index contributed by atoms with van der Waals surface area (Å²) in [5.74, 6) is 0.190. The van der Waals surface area contributed by atoms with Crippen LogP contribution >= 0.6 is 27.3 Å². The van der Waals surface area contributed by atoms with Crippen molar-refractivity contribution in [1.29, 1.82) is 0 Å². The van der Waals surface area contributed by atoms with Gasteiger partial charge in [0.05, 0.1) is 17.9 Å². The van der Waals surface area contributed by atoms with Crippen molar-refractivity contribution in [2.24, 2.45) is 0 Å². The molecule has 0 saturated carbocycles. The minimum Gasteiger partial charge on any atom is -0.384 e. The summed E-state index contributed by atoms with van der Waals surface area (Å²) in [5, 5.41) is 3.55. The fraction of sp³-hybridized carbons (Fsp3) is 0.278. The number of ether oxygens (including phenoxy) is 1. The van der Waals surface area contributed by atoms with E-state index in [4.69, 9.17) is 4.74 Å². The van der Waals surface area contributed by atoms with E-state index >= 15 is 0 Å². The van der Waals surface area contributed by atoms with Crippen molar-refractivity contribution < 1.29 is 17.9 Å². The Bertz CT molecular complexity index is 978. The molecule has 148 valence electrons. The molecule has 1 aromatic carbocycles. The lowest BCUT2D eigenvalue weighted by Gasteiger charge is -2.11. The Morgan fingerprint density at radius 3 is 2.71 bits per heavy atom. The van der Waals surface area contributed by atoms with E-state index in [0.717, 1.165) is 34.1 Å². The van der Waals surface area contributed by atoms with Gasteiger partial charge in [-0.15, -0.1) is 11.3 Å². The summed E-state index contributed by atoms with van der Waals surface area (Å²) in [6.07, 6.45) is -2.15. The van der Waals surface area contributed by atoms with E-state index in [1.165, 1.54) is 17.4 Å². The van der Waals surface area contributed by atoms with Crippen molar-refractivity contribution in [3.05, 3.63) is 51.1 Å². The van der Waals surface area contributed by atoms with Crippen LogP contribution in [0.25, 0.3) is 10.7 Å². The molecule has 0 atom stereocenters. The van der Waals surface area contributed by atoms with Crippen molar-refractivity contribution in [2.75, 3.05) is 19.0 Å². The van der Waals surface area contributed by atoms with Crippen molar-refractivity contribution >= 4 is 38.9 Å². The summed E-state index contributed by atoms with van der Waals surface area (Å²) >= 11 is 4.61. The molecule has 0 radical (unpaired) electrons. The number of thiazole rings is 1. The van der Waals surface area contributed by atoms with Crippen LogP contribution < -0.4 is 5.32 Å². The molecule has 0 unspecified atom stereocenters. The Hall–Kier alpha value is -2.04. The van der Waals surface area contributed by atoms with Gasteiger partial charge in [0.25, 0.3) is 0 Å². The zero-order chi connectivity index (χ0) is 20.3. The van der Waals surface area contributed by atoms with Crippen LogP contribution in [0.5, 0.6) is 0 Å². The molecular weight excluding hydrogens is 457 g/mol. The van der Waals surface area contributed by atoms with Crippen LogP contribution in [0, 0.1) is 6.92 Å². The molecule has 0 aliphatic carbocycles. The molecular formula is C18H16BrF3N4OS. The van der Waals surface area contributed by atoms with Gasteiger partial charge in [-0.1, -0.05) is 15.9 Å². The van der Waals surface area contributed by atoms with E-state index in [9.17, 15) is 13.2 Å². The number of rotatable bonds is 6. The molecule has 0 fully saturated rings. The van der Waals surface area contributed by atoms with Gasteiger partial charge in [0.2, 0.25) is 5.95 Å². The number of anilines is 2. The molecule has 3 rings (SSSR count). The van der Waals surface area contributed by atoms with E-state index in [1.807, 2.05) is 6.92 Å². The van der Waals surface area contributed by atoms with Gasteiger partial charge in [-0.05, 0) is 31.2 Å². The Labute approximate surface area is 172 Å². The smallest absolute Gasteiger partial charge is 0.384 e. The van der Waals surface area contributed by atoms with Gasteiger partial charge in [-0.25, -0.2) is 15.0 Å². The lowest BCUT2D eigenvalue weighted by molar-refractivity contribution is -0.137. The van der Waals surface area contributed by atoms with Crippen molar-refractivity contribution in [1.82, 2.24) is 15.0 Å². The van der Waals surface area contributed by atoms with Crippen LogP contribution in [-0.2, 0) is 17.3 Å². The molecule has 1 N–H and O–H groups in total. The highest BCUT2D eigenvalue weighted by Gasteiger charge is 2.31. The van der Waals surface area contributed by atoms with Gasteiger partial charge >= 0.3 is 6.18 Å². The second-order valence-corrected chi connectivity index (χ2v) is 7.89. The Morgan fingerprint density at radius 2 is 2.00 bits per heavy atom. The highest BCUT2D eigenvalue weighted by atomic mass is 79.9. The van der Waals surface area contributed by atoms with E-state index in [1.54, 1.807) is 19.4 Å². The lowest BCUT2D eigenvalue weighted by atomic mass is 10.2. The maximum atomic E-state index is 13.0. The third-order valence-electron chi connectivity index (χ3n) is 3.78. The van der Waals surface area contributed by atoms with Crippen LogP contribution in [0.1, 0.15) is 16.1 Å². The third kappa shape index (κ3) is 5.06.